The SMILES string of the molecule is Cc1ccc(CCCNC(=O)c2ccc(Cn3nc(C)cc3C)cc2)cc1. The molecule has 0 spiro atoms. The minimum absolute atomic E-state index is 0.0171. The molecule has 0 unspecified atom stereocenters. The fourth-order valence-electron chi connectivity index (χ4n) is 3.12. The van der Waals surface area contributed by atoms with Crippen LogP contribution in [0.3, 0.4) is 0 Å². The van der Waals surface area contributed by atoms with E-state index in [2.05, 4.69) is 54.6 Å². The molecule has 0 radical (unpaired) electrons. The number of amides is 1. The zero-order chi connectivity index (χ0) is 19.2. The van der Waals surface area contributed by atoms with Crippen molar-refractivity contribution in [3.8, 4) is 0 Å². The molecule has 0 saturated carbocycles. The molecule has 0 atom stereocenters. The number of aryl methyl sites for hydroxylation is 4. The smallest absolute Gasteiger partial charge is 0.251 e. The Morgan fingerprint density at radius 3 is 2.26 bits per heavy atom. The Bertz CT molecular complexity index is 892. The minimum atomic E-state index is -0.0171. The first-order chi connectivity index (χ1) is 13.0. The van der Waals surface area contributed by atoms with Crippen LogP contribution in [0.2, 0.25) is 0 Å². The topological polar surface area (TPSA) is 46.9 Å². The maximum atomic E-state index is 12.3. The highest BCUT2D eigenvalue weighted by atomic mass is 16.1. The van der Waals surface area contributed by atoms with Gasteiger partial charge in [0.1, 0.15) is 0 Å². The molecule has 1 N–H and O–H groups in total. The van der Waals surface area contributed by atoms with Gasteiger partial charge in [-0.15, -0.1) is 0 Å². The van der Waals surface area contributed by atoms with E-state index in [-0.39, 0.29) is 5.91 Å². The highest BCUT2D eigenvalue weighted by Crippen LogP contribution is 2.10. The van der Waals surface area contributed by atoms with Gasteiger partial charge in [-0.25, -0.2) is 0 Å². The van der Waals surface area contributed by atoms with Crippen LogP contribution < -0.4 is 5.32 Å². The van der Waals surface area contributed by atoms with E-state index >= 15 is 0 Å². The molecule has 0 aliphatic rings. The molecule has 3 rings (SSSR count). The summed E-state index contributed by atoms with van der Waals surface area (Å²) in [6.45, 7) is 7.54. The number of carbonyl (C=O) groups excluding carboxylic acids is 1. The summed E-state index contributed by atoms with van der Waals surface area (Å²) in [6.07, 6.45) is 1.91. The van der Waals surface area contributed by atoms with E-state index in [9.17, 15) is 4.79 Å². The van der Waals surface area contributed by atoms with Crippen molar-refractivity contribution in [2.75, 3.05) is 6.54 Å². The number of rotatable bonds is 7. The number of nitrogens with one attached hydrogen (secondary N) is 1. The van der Waals surface area contributed by atoms with E-state index in [1.165, 1.54) is 11.1 Å². The van der Waals surface area contributed by atoms with Crippen molar-refractivity contribution < 1.29 is 4.79 Å². The van der Waals surface area contributed by atoms with Crippen LogP contribution >= 0.6 is 0 Å². The van der Waals surface area contributed by atoms with Crippen LogP contribution in [0, 0.1) is 20.8 Å². The molecule has 1 aromatic heterocycles. The third-order valence-corrected chi connectivity index (χ3v) is 4.70. The van der Waals surface area contributed by atoms with Crippen molar-refractivity contribution in [2.24, 2.45) is 0 Å². The van der Waals surface area contributed by atoms with Gasteiger partial charge in [-0.3, -0.25) is 9.48 Å². The number of hydrogen-bond acceptors (Lipinski definition) is 2. The molecule has 140 valence electrons. The summed E-state index contributed by atoms with van der Waals surface area (Å²) < 4.78 is 1.98. The number of benzene rings is 2. The van der Waals surface area contributed by atoms with Gasteiger partial charge in [0.25, 0.3) is 5.91 Å². The largest absolute Gasteiger partial charge is 0.352 e. The van der Waals surface area contributed by atoms with E-state index in [4.69, 9.17) is 0 Å². The molecule has 4 nitrogen and oxygen atoms in total. The predicted octanol–water partition coefficient (Wildman–Crippen LogP) is 4.22. The predicted molar refractivity (Wildman–Crippen MR) is 109 cm³/mol. The highest BCUT2D eigenvalue weighted by molar-refractivity contribution is 5.94. The van der Waals surface area contributed by atoms with Crippen molar-refractivity contribution in [3.63, 3.8) is 0 Å². The maximum Gasteiger partial charge on any atom is 0.251 e. The Morgan fingerprint density at radius 1 is 0.963 bits per heavy atom. The molecule has 0 fully saturated rings. The molecule has 0 bridgehead atoms. The van der Waals surface area contributed by atoms with Crippen molar-refractivity contribution >= 4 is 5.91 Å². The van der Waals surface area contributed by atoms with Gasteiger partial charge in [0.2, 0.25) is 0 Å². The van der Waals surface area contributed by atoms with Crippen molar-refractivity contribution in [2.45, 2.75) is 40.2 Å². The van der Waals surface area contributed by atoms with Gasteiger partial charge in [0, 0.05) is 17.8 Å². The zero-order valence-electron chi connectivity index (χ0n) is 16.3. The second kappa shape index (κ2) is 8.67. The van der Waals surface area contributed by atoms with Gasteiger partial charge in [-0.1, -0.05) is 42.0 Å². The second-order valence-corrected chi connectivity index (χ2v) is 7.13. The summed E-state index contributed by atoms with van der Waals surface area (Å²) in [7, 11) is 0. The normalized spacial score (nSPS) is 10.8. The van der Waals surface area contributed by atoms with E-state index in [0.29, 0.717) is 12.1 Å². The van der Waals surface area contributed by atoms with Crippen LogP contribution in [0.5, 0.6) is 0 Å². The van der Waals surface area contributed by atoms with Gasteiger partial charge in [-0.05, 0) is 62.9 Å². The number of aromatic nitrogens is 2. The molecule has 3 aromatic rings. The van der Waals surface area contributed by atoms with Crippen LogP contribution in [0.15, 0.2) is 54.6 Å². The monoisotopic (exact) mass is 361 g/mol. The average Bonchev–Trinajstić information content (AvgIpc) is 2.97. The van der Waals surface area contributed by atoms with Crippen molar-refractivity contribution in [1.82, 2.24) is 15.1 Å². The lowest BCUT2D eigenvalue weighted by Crippen LogP contribution is -2.24. The van der Waals surface area contributed by atoms with E-state index < -0.39 is 0 Å². The maximum absolute atomic E-state index is 12.3. The van der Waals surface area contributed by atoms with Crippen molar-refractivity contribution in [1.29, 1.82) is 0 Å². The molecule has 0 aliphatic heterocycles. The average molecular weight is 361 g/mol. The molecule has 0 aliphatic carbocycles. The number of carbonyl (C=O) groups is 1. The zero-order valence-corrected chi connectivity index (χ0v) is 16.3. The molecule has 2 aromatic carbocycles. The lowest BCUT2D eigenvalue weighted by Gasteiger charge is -2.08. The van der Waals surface area contributed by atoms with Gasteiger partial charge < -0.3 is 5.32 Å². The second-order valence-electron chi connectivity index (χ2n) is 7.13. The summed E-state index contributed by atoms with van der Waals surface area (Å²) in [5, 5.41) is 7.49. The molecule has 0 saturated heterocycles. The third kappa shape index (κ3) is 5.30. The van der Waals surface area contributed by atoms with E-state index in [0.717, 1.165) is 36.3 Å². The Kier molecular flexibility index (Phi) is 6.07. The highest BCUT2D eigenvalue weighted by Gasteiger charge is 2.06. The van der Waals surface area contributed by atoms with Crippen LogP contribution in [0.25, 0.3) is 0 Å². The Hall–Kier alpha value is -2.88. The summed E-state index contributed by atoms with van der Waals surface area (Å²) >= 11 is 0. The lowest BCUT2D eigenvalue weighted by molar-refractivity contribution is 0.0953. The van der Waals surface area contributed by atoms with Crippen LogP contribution in [0.1, 0.15) is 44.9 Å². The summed E-state index contributed by atoms with van der Waals surface area (Å²) in [5.74, 6) is -0.0171. The quantitative estimate of drug-likeness (QED) is 0.641. The van der Waals surface area contributed by atoms with E-state index in [1.807, 2.05) is 35.9 Å². The van der Waals surface area contributed by atoms with Gasteiger partial charge >= 0.3 is 0 Å². The van der Waals surface area contributed by atoms with Crippen LogP contribution in [-0.2, 0) is 13.0 Å². The lowest BCUT2D eigenvalue weighted by atomic mass is 10.1. The Balaban J connectivity index is 1.47. The first-order valence-electron chi connectivity index (χ1n) is 9.45. The van der Waals surface area contributed by atoms with Crippen molar-refractivity contribution in [3.05, 3.63) is 88.2 Å². The Morgan fingerprint density at radius 2 is 1.63 bits per heavy atom. The first-order valence-corrected chi connectivity index (χ1v) is 9.45. The Labute approximate surface area is 161 Å². The number of hydrogen-bond donors (Lipinski definition) is 1. The fourth-order valence-corrected chi connectivity index (χ4v) is 3.12. The van der Waals surface area contributed by atoms with Crippen LogP contribution in [-0.4, -0.2) is 22.2 Å². The molecule has 4 heteroatoms. The summed E-state index contributed by atoms with van der Waals surface area (Å²) in [4.78, 5) is 12.3. The van der Waals surface area contributed by atoms with Gasteiger partial charge in [0.15, 0.2) is 0 Å². The fraction of sp³-hybridized carbons (Fsp3) is 0.304. The molecular weight excluding hydrogens is 334 g/mol. The number of nitrogens with zero attached hydrogens (tertiary/aromatic N) is 2. The molecule has 1 heterocycles. The molecular formula is C23H27N3O. The summed E-state index contributed by atoms with van der Waals surface area (Å²) in [5.41, 5.74) is 6.58. The van der Waals surface area contributed by atoms with Crippen LogP contribution in [0.4, 0.5) is 0 Å². The summed E-state index contributed by atoms with van der Waals surface area (Å²) in [6, 6.07) is 18.4. The van der Waals surface area contributed by atoms with Gasteiger partial charge in [0.05, 0.1) is 12.2 Å². The standard InChI is InChI=1S/C23H27N3O/c1-17-6-8-20(9-7-17)5-4-14-24-23(27)22-12-10-21(11-13-22)16-26-19(3)15-18(2)25-26/h6-13,15H,4-5,14,16H2,1-3H3,(H,24,27). The minimum Gasteiger partial charge on any atom is -0.352 e. The molecule has 27 heavy (non-hydrogen) atoms. The first kappa shape index (κ1) is 18.9. The molecule has 1 amide bonds. The third-order valence-electron chi connectivity index (χ3n) is 4.70. The van der Waals surface area contributed by atoms with Gasteiger partial charge in [-0.2, -0.15) is 5.10 Å². The van der Waals surface area contributed by atoms with E-state index in [1.54, 1.807) is 0 Å².